The molecule has 0 fully saturated rings. The van der Waals surface area contributed by atoms with Crippen LogP contribution < -0.4 is 0 Å². The largest absolute Gasteiger partial charge is 0.252 e. The van der Waals surface area contributed by atoms with Crippen LogP contribution in [0.2, 0.25) is 0 Å². The average Bonchev–Trinajstić information content (AvgIpc) is 3.43. The van der Waals surface area contributed by atoms with Gasteiger partial charge in [-0.15, -0.1) is 22.7 Å². The van der Waals surface area contributed by atoms with Crippen molar-refractivity contribution in [2.24, 2.45) is 0 Å². The molecule has 31 heavy (non-hydrogen) atoms. The van der Waals surface area contributed by atoms with E-state index in [0.29, 0.717) is 23.7 Å². The van der Waals surface area contributed by atoms with Gasteiger partial charge in [0.2, 0.25) is 0 Å². The van der Waals surface area contributed by atoms with Crippen molar-refractivity contribution in [3.8, 4) is 21.0 Å². The van der Waals surface area contributed by atoms with Crippen molar-refractivity contribution in [2.45, 2.75) is 79.1 Å². The minimum absolute atomic E-state index is 0.501. The Balaban J connectivity index is 1.87. The van der Waals surface area contributed by atoms with E-state index < -0.39 is 0 Å². The van der Waals surface area contributed by atoms with Gasteiger partial charge in [-0.05, 0) is 46.9 Å². The Morgan fingerprint density at radius 2 is 1.16 bits per heavy atom. The summed E-state index contributed by atoms with van der Waals surface area (Å²) in [6.45, 7) is 18.2. The second-order valence-corrected chi connectivity index (χ2v) is 12.2. The summed E-state index contributed by atoms with van der Waals surface area (Å²) in [4.78, 5) is 10.3. The maximum absolute atomic E-state index is 4.95. The highest BCUT2D eigenvalue weighted by Gasteiger charge is 2.22. The van der Waals surface area contributed by atoms with Crippen LogP contribution in [0.3, 0.4) is 0 Å². The highest BCUT2D eigenvalue weighted by Crippen LogP contribution is 2.44. The van der Waals surface area contributed by atoms with Crippen LogP contribution in [0.5, 0.6) is 0 Å². The number of hydrogen-bond acceptors (Lipinski definition) is 6. The summed E-state index contributed by atoms with van der Waals surface area (Å²) in [7, 11) is 0. The summed E-state index contributed by atoms with van der Waals surface area (Å²) >= 11 is 5.03. The first kappa shape index (κ1) is 22.6. The number of aromatic nitrogens is 3. The summed E-state index contributed by atoms with van der Waals surface area (Å²) in [5, 5.41) is 0. The Morgan fingerprint density at radius 3 is 1.68 bits per heavy atom. The Morgan fingerprint density at radius 1 is 0.645 bits per heavy atom. The maximum Gasteiger partial charge on any atom is 0.132 e. The second-order valence-electron chi connectivity index (χ2n) is 9.46. The van der Waals surface area contributed by atoms with Crippen LogP contribution in [0.25, 0.3) is 32.0 Å². The molecule has 164 valence electrons. The lowest BCUT2D eigenvalue weighted by molar-refractivity contribution is 0.810. The van der Waals surface area contributed by atoms with Crippen molar-refractivity contribution >= 4 is 45.4 Å². The molecule has 4 rings (SSSR count). The monoisotopic (exact) mass is 469 g/mol. The fourth-order valence-electron chi connectivity index (χ4n) is 4.03. The van der Waals surface area contributed by atoms with Crippen molar-refractivity contribution < 1.29 is 0 Å². The number of thiophene rings is 2. The third-order valence-corrected chi connectivity index (χ3v) is 9.14. The zero-order chi connectivity index (χ0) is 22.4. The van der Waals surface area contributed by atoms with E-state index in [1.165, 1.54) is 42.4 Å². The molecule has 4 aromatic rings. The normalized spacial score (nSPS) is 12.4. The molecular weight excluding hydrogens is 438 g/mol. The van der Waals surface area contributed by atoms with E-state index in [2.05, 4.69) is 71.9 Å². The Hall–Kier alpha value is -1.63. The minimum Gasteiger partial charge on any atom is -0.252 e. The predicted molar refractivity (Wildman–Crippen MR) is 138 cm³/mol. The van der Waals surface area contributed by atoms with Crippen LogP contribution in [-0.2, 0) is 0 Å². The van der Waals surface area contributed by atoms with Crippen molar-refractivity contribution in [1.29, 1.82) is 0 Å². The molecule has 0 bridgehead atoms. The molecular formula is C25H31N3S3. The van der Waals surface area contributed by atoms with Gasteiger partial charge in [-0.1, -0.05) is 55.4 Å². The smallest absolute Gasteiger partial charge is 0.132 e. The second kappa shape index (κ2) is 8.72. The Bertz CT molecular complexity index is 1070. The number of hydrogen-bond donors (Lipinski definition) is 0. The minimum atomic E-state index is 0.501. The first-order chi connectivity index (χ1) is 14.7. The van der Waals surface area contributed by atoms with Crippen LogP contribution in [0.15, 0.2) is 18.3 Å². The Kier molecular flexibility index (Phi) is 6.35. The summed E-state index contributed by atoms with van der Waals surface area (Å²) in [5.74, 6) is 2.03. The van der Waals surface area contributed by atoms with E-state index in [-0.39, 0.29) is 0 Å². The molecule has 0 N–H and O–H groups in total. The summed E-state index contributed by atoms with van der Waals surface area (Å²) in [5.41, 5.74) is 6.86. The summed E-state index contributed by atoms with van der Waals surface area (Å²) < 4.78 is 9.40. The number of fused-ring (bicyclic) bond motifs is 1. The van der Waals surface area contributed by atoms with E-state index in [4.69, 9.17) is 9.36 Å². The molecule has 0 unspecified atom stereocenters. The zero-order valence-electron chi connectivity index (χ0n) is 19.6. The molecule has 0 aliphatic heterocycles. The van der Waals surface area contributed by atoms with E-state index in [1.807, 2.05) is 28.9 Å². The third kappa shape index (κ3) is 4.10. The van der Waals surface area contributed by atoms with Crippen LogP contribution in [0.4, 0.5) is 0 Å². The lowest BCUT2D eigenvalue weighted by Gasteiger charge is -2.08. The third-order valence-electron chi connectivity index (χ3n) is 5.66. The van der Waals surface area contributed by atoms with Crippen molar-refractivity contribution in [1.82, 2.24) is 13.7 Å². The van der Waals surface area contributed by atoms with Gasteiger partial charge >= 0.3 is 0 Å². The molecule has 4 aromatic heterocycles. The number of nitrogens with zero attached hydrogens (tertiary/aromatic N) is 3. The van der Waals surface area contributed by atoms with Crippen molar-refractivity contribution in [2.75, 3.05) is 0 Å². The van der Waals surface area contributed by atoms with E-state index in [9.17, 15) is 0 Å². The molecule has 0 saturated heterocycles. The molecule has 0 saturated carbocycles. The molecule has 0 radical (unpaired) electrons. The topological polar surface area (TPSA) is 38.7 Å². The first-order valence-electron chi connectivity index (χ1n) is 11.1. The highest BCUT2D eigenvalue weighted by atomic mass is 32.1. The Labute approximate surface area is 197 Å². The summed E-state index contributed by atoms with van der Waals surface area (Å²) in [6, 6.07) is 4.67. The highest BCUT2D eigenvalue weighted by molar-refractivity contribution is 7.16. The molecule has 0 atom stereocenters. The molecule has 0 aromatic carbocycles. The van der Waals surface area contributed by atoms with Crippen molar-refractivity contribution in [3.63, 3.8) is 0 Å². The molecule has 6 heteroatoms. The number of pyridine rings is 1. The average molecular weight is 470 g/mol. The van der Waals surface area contributed by atoms with Gasteiger partial charge in [0.05, 0.1) is 16.6 Å². The standard InChI is InChI=1S/C25H31N3S3/c1-12(2)16-9-19(29-24(16)14(5)6)18-11-26-22(23-21(18)27-31-28-23)20-10-17(13(3)4)25(30-20)15(7)8/h9-15H,1-8H3. The van der Waals surface area contributed by atoms with Gasteiger partial charge in [-0.25, -0.2) is 0 Å². The molecule has 4 heterocycles. The fraction of sp³-hybridized carbons (Fsp3) is 0.480. The molecule has 3 nitrogen and oxygen atoms in total. The van der Waals surface area contributed by atoms with Crippen molar-refractivity contribution in [3.05, 3.63) is 39.2 Å². The van der Waals surface area contributed by atoms with Gasteiger partial charge < -0.3 is 0 Å². The van der Waals surface area contributed by atoms with Gasteiger partial charge in [-0.3, -0.25) is 4.98 Å². The van der Waals surface area contributed by atoms with E-state index in [1.54, 1.807) is 0 Å². The van der Waals surface area contributed by atoms with Gasteiger partial charge in [0.15, 0.2) is 0 Å². The quantitative estimate of drug-likeness (QED) is 0.283. The van der Waals surface area contributed by atoms with Crippen LogP contribution >= 0.6 is 34.4 Å². The molecule has 0 aliphatic carbocycles. The first-order valence-corrected chi connectivity index (χ1v) is 13.4. The van der Waals surface area contributed by atoms with Gasteiger partial charge in [0.1, 0.15) is 16.7 Å². The summed E-state index contributed by atoms with van der Waals surface area (Å²) in [6.07, 6.45) is 2.02. The molecule has 0 aliphatic rings. The molecule has 0 amide bonds. The van der Waals surface area contributed by atoms with E-state index >= 15 is 0 Å². The van der Waals surface area contributed by atoms with E-state index in [0.717, 1.165) is 22.3 Å². The van der Waals surface area contributed by atoms with Gasteiger partial charge in [0.25, 0.3) is 0 Å². The van der Waals surface area contributed by atoms with Crippen LogP contribution in [0, 0.1) is 0 Å². The van der Waals surface area contributed by atoms with Gasteiger partial charge in [0, 0.05) is 26.4 Å². The number of rotatable bonds is 6. The maximum atomic E-state index is 4.95. The molecule has 0 spiro atoms. The lowest BCUT2D eigenvalue weighted by Crippen LogP contribution is -1.92. The predicted octanol–water partition coefficient (Wildman–Crippen LogP) is 9.04. The SMILES string of the molecule is CC(C)c1cc(-c2cnc(-c3cc(C(C)C)c(C(C)C)s3)c3nsnc23)sc1C(C)C. The van der Waals surface area contributed by atoms with Gasteiger partial charge in [-0.2, -0.15) is 8.75 Å². The van der Waals surface area contributed by atoms with Crippen LogP contribution in [0.1, 0.15) is 99.9 Å². The zero-order valence-corrected chi connectivity index (χ0v) is 22.1. The van der Waals surface area contributed by atoms with Crippen LogP contribution in [-0.4, -0.2) is 13.7 Å². The lowest BCUT2D eigenvalue weighted by atomic mass is 9.98. The fourth-order valence-corrected chi connectivity index (χ4v) is 7.23.